The molecule has 3 aromatic rings. The third-order valence-corrected chi connectivity index (χ3v) is 6.41. The lowest BCUT2D eigenvalue weighted by atomic mass is 10.3. The molecule has 0 spiro atoms. The number of hydrogen-bond acceptors (Lipinski definition) is 5. The van der Waals surface area contributed by atoms with E-state index in [1.54, 1.807) is 0 Å². The molecule has 9 heteroatoms. The molecule has 1 aromatic heterocycles. The van der Waals surface area contributed by atoms with Gasteiger partial charge in [0, 0.05) is 22.6 Å². The summed E-state index contributed by atoms with van der Waals surface area (Å²) in [5.41, 5.74) is 1.63. The number of para-hydroxylation sites is 1. The Kier molecular flexibility index (Phi) is 6.42. The van der Waals surface area contributed by atoms with Crippen molar-refractivity contribution in [1.82, 2.24) is 14.8 Å². The maximum Gasteiger partial charge on any atom is 0.234 e. The van der Waals surface area contributed by atoms with Gasteiger partial charge in [0.25, 0.3) is 0 Å². The zero-order valence-electron chi connectivity index (χ0n) is 15.5. The van der Waals surface area contributed by atoms with Crippen molar-refractivity contribution in [2.24, 2.45) is 0 Å². The van der Waals surface area contributed by atoms with Crippen LogP contribution in [0.3, 0.4) is 0 Å². The van der Waals surface area contributed by atoms with Crippen molar-refractivity contribution in [3.63, 3.8) is 0 Å². The average molecular weight is 493 g/mol. The first-order valence-electron chi connectivity index (χ1n) is 9.25. The van der Waals surface area contributed by atoms with Gasteiger partial charge in [0.15, 0.2) is 5.16 Å². The van der Waals surface area contributed by atoms with Crippen LogP contribution in [0, 0.1) is 0 Å². The lowest BCUT2D eigenvalue weighted by Gasteiger charge is -2.18. The summed E-state index contributed by atoms with van der Waals surface area (Å²) in [5.74, 6) is 0.906. The Balaban J connectivity index is 1.55. The third-order valence-electron chi connectivity index (χ3n) is 4.55. The Morgan fingerprint density at radius 3 is 2.69 bits per heavy atom. The summed E-state index contributed by atoms with van der Waals surface area (Å²) in [5, 5.41) is 13.0. The molecule has 0 unspecified atom stereocenters. The monoisotopic (exact) mass is 491 g/mol. The predicted molar refractivity (Wildman–Crippen MR) is 121 cm³/mol. The van der Waals surface area contributed by atoms with Crippen LogP contribution >= 0.6 is 39.3 Å². The van der Waals surface area contributed by atoms with Gasteiger partial charge in [-0.1, -0.05) is 41.6 Å². The average Bonchev–Trinajstić information content (AvgIpc) is 3.37. The zero-order valence-corrected chi connectivity index (χ0v) is 18.7. The van der Waals surface area contributed by atoms with Gasteiger partial charge in [-0.2, -0.15) is 0 Å². The van der Waals surface area contributed by atoms with E-state index in [2.05, 4.69) is 36.3 Å². The zero-order chi connectivity index (χ0) is 20.2. The van der Waals surface area contributed by atoms with Crippen molar-refractivity contribution in [2.75, 3.05) is 29.1 Å². The topological polar surface area (TPSA) is 63.1 Å². The van der Waals surface area contributed by atoms with Crippen LogP contribution in [0.2, 0.25) is 5.02 Å². The number of nitrogens with one attached hydrogen (secondary N) is 1. The number of benzene rings is 2. The highest BCUT2D eigenvalue weighted by molar-refractivity contribution is 9.10. The van der Waals surface area contributed by atoms with E-state index in [1.165, 1.54) is 11.8 Å². The molecule has 1 amide bonds. The lowest BCUT2D eigenvalue weighted by Crippen LogP contribution is -2.22. The molecule has 29 heavy (non-hydrogen) atoms. The first kappa shape index (κ1) is 20.3. The van der Waals surface area contributed by atoms with Crippen LogP contribution in [0.25, 0.3) is 5.69 Å². The molecule has 1 N–H and O–H groups in total. The van der Waals surface area contributed by atoms with Crippen molar-refractivity contribution in [2.45, 2.75) is 18.0 Å². The molecule has 2 aromatic carbocycles. The molecule has 1 saturated heterocycles. The van der Waals surface area contributed by atoms with Gasteiger partial charge in [0.1, 0.15) is 0 Å². The minimum absolute atomic E-state index is 0.106. The summed E-state index contributed by atoms with van der Waals surface area (Å²) in [4.78, 5) is 14.7. The largest absolute Gasteiger partial charge is 0.341 e. The number of aromatic nitrogens is 3. The lowest BCUT2D eigenvalue weighted by molar-refractivity contribution is -0.113. The van der Waals surface area contributed by atoms with E-state index in [4.69, 9.17) is 11.6 Å². The summed E-state index contributed by atoms with van der Waals surface area (Å²) < 4.78 is 2.82. The molecule has 4 rings (SSSR count). The predicted octanol–water partition coefficient (Wildman–Crippen LogP) is 5.01. The van der Waals surface area contributed by atoms with Crippen LogP contribution < -0.4 is 10.2 Å². The Morgan fingerprint density at radius 1 is 1.14 bits per heavy atom. The highest BCUT2D eigenvalue weighted by atomic mass is 79.9. The summed E-state index contributed by atoms with van der Waals surface area (Å²) in [6, 6.07) is 15.1. The van der Waals surface area contributed by atoms with Gasteiger partial charge in [-0.3, -0.25) is 9.36 Å². The molecule has 0 aliphatic carbocycles. The second-order valence-corrected chi connectivity index (χ2v) is 8.84. The van der Waals surface area contributed by atoms with Crippen LogP contribution in [-0.2, 0) is 4.79 Å². The van der Waals surface area contributed by atoms with Crippen molar-refractivity contribution >= 4 is 56.8 Å². The van der Waals surface area contributed by atoms with E-state index in [0.717, 1.165) is 47.7 Å². The van der Waals surface area contributed by atoms with Gasteiger partial charge >= 0.3 is 0 Å². The number of rotatable bonds is 6. The van der Waals surface area contributed by atoms with Crippen molar-refractivity contribution < 1.29 is 4.79 Å². The number of hydrogen-bond donors (Lipinski definition) is 1. The van der Waals surface area contributed by atoms with Gasteiger partial charge in [0.2, 0.25) is 11.9 Å². The second kappa shape index (κ2) is 9.19. The molecule has 1 aliphatic heterocycles. The van der Waals surface area contributed by atoms with Gasteiger partial charge in [-0.15, -0.1) is 10.2 Å². The molecule has 0 saturated carbocycles. The molecule has 1 fully saturated rings. The summed E-state index contributed by atoms with van der Waals surface area (Å²) in [6.07, 6.45) is 2.28. The third kappa shape index (κ3) is 4.76. The van der Waals surface area contributed by atoms with Gasteiger partial charge in [-0.05, 0) is 59.1 Å². The first-order chi connectivity index (χ1) is 14.1. The highest BCUT2D eigenvalue weighted by Crippen LogP contribution is 2.30. The van der Waals surface area contributed by atoms with Crippen molar-refractivity contribution in [3.05, 3.63) is 58.0 Å². The van der Waals surface area contributed by atoms with Gasteiger partial charge < -0.3 is 10.2 Å². The fraction of sp³-hybridized carbons (Fsp3) is 0.250. The Bertz CT molecular complexity index is 1020. The molecular formula is C20H19BrClN5OS. The molecule has 150 valence electrons. The number of halogens is 2. The van der Waals surface area contributed by atoms with E-state index in [-0.39, 0.29) is 11.7 Å². The van der Waals surface area contributed by atoms with Gasteiger partial charge in [0.05, 0.1) is 17.1 Å². The number of amides is 1. The SMILES string of the molecule is O=C(CSc1nnc(N2CCCC2)n1-c1cccc(Cl)c1)Nc1ccccc1Br. The standard InChI is InChI=1S/C20H19BrClN5OS/c21-16-8-1-2-9-17(16)23-18(28)13-29-20-25-24-19(26-10-3-4-11-26)27(20)15-7-5-6-14(22)12-15/h1-2,5-9,12H,3-4,10-11,13H2,(H,23,28). The van der Waals surface area contributed by atoms with Crippen LogP contribution in [0.5, 0.6) is 0 Å². The molecule has 0 atom stereocenters. The Hall–Kier alpha value is -2.03. The van der Waals surface area contributed by atoms with Crippen LogP contribution in [-0.4, -0.2) is 39.5 Å². The number of nitrogens with zero attached hydrogens (tertiary/aromatic N) is 4. The summed E-state index contributed by atoms with van der Waals surface area (Å²) in [6.45, 7) is 1.90. The number of carbonyl (C=O) groups is 1. The molecule has 0 bridgehead atoms. The van der Waals surface area contributed by atoms with E-state index < -0.39 is 0 Å². The van der Waals surface area contributed by atoms with Crippen LogP contribution in [0.4, 0.5) is 11.6 Å². The molecule has 1 aliphatic rings. The fourth-order valence-electron chi connectivity index (χ4n) is 3.20. The highest BCUT2D eigenvalue weighted by Gasteiger charge is 2.23. The summed E-state index contributed by atoms with van der Waals surface area (Å²) in [7, 11) is 0. The van der Waals surface area contributed by atoms with E-state index in [0.29, 0.717) is 10.2 Å². The quantitative estimate of drug-likeness (QED) is 0.490. The maximum absolute atomic E-state index is 12.5. The van der Waals surface area contributed by atoms with E-state index >= 15 is 0 Å². The normalized spacial score (nSPS) is 13.7. The molecule has 6 nitrogen and oxygen atoms in total. The number of carbonyl (C=O) groups excluding carboxylic acids is 1. The smallest absolute Gasteiger partial charge is 0.234 e. The Morgan fingerprint density at radius 2 is 1.93 bits per heavy atom. The fourth-order valence-corrected chi connectivity index (χ4v) is 4.51. The molecule has 0 radical (unpaired) electrons. The van der Waals surface area contributed by atoms with Crippen molar-refractivity contribution in [3.8, 4) is 5.69 Å². The first-order valence-corrected chi connectivity index (χ1v) is 11.4. The number of anilines is 2. The number of thioether (sulfide) groups is 1. The maximum atomic E-state index is 12.5. The van der Waals surface area contributed by atoms with Gasteiger partial charge in [-0.25, -0.2) is 0 Å². The van der Waals surface area contributed by atoms with E-state index in [9.17, 15) is 4.79 Å². The Labute approximate surface area is 186 Å². The van der Waals surface area contributed by atoms with Crippen LogP contribution in [0.15, 0.2) is 58.2 Å². The molecular weight excluding hydrogens is 474 g/mol. The minimum Gasteiger partial charge on any atom is -0.341 e. The van der Waals surface area contributed by atoms with E-state index in [1.807, 2.05) is 53.1 Å². The molecule has 2 heterocycles. The minimum atomic E-state index is -0.106. The van der Waals surface area contributed by atoms with Crippen LogP contribution in [0.1, 0.15) is 12.8 Å². The summed E-state index contributed by atoms with van der Waals surface area (Å²) >= 11 is 11.0. The second-order valence-electron chi connectivity index (χ2n) is 6.61. The van der Waals surface area contributed by atoms with Crippen molar-refractivity contribution in [1.29, 1.82) is 0 Å².